The van der Waals surface area contributed by atoms with Gasteiger partial charge in [0, 0.05) is 98.8 Å². The van der Waals surface area contributed by atoms with E-state index in [1.807, 2.05) is 14.0 Å². The lowest BCUT2D eigenvalue weighted by molar-refractivity contribution is -0.163. The first-order chi connectivity index (χ1) is 33.5. The van der Waals surface area contributed by atoms with Crippen molar-refractivity contribution in [2.45, 2.75) is 130 Å². The summed E-state index contributed by atoms with van der Waals surface area (Å²) in [5.41, 5.74) is -0.332. The van der Waals surface area contributed by atoms with Crippen molar-refractivity contribution in [3.63, 3.8) is 0 Å². The van der Waals surface area contributed by atoms with E-state index in [-0.39, 0.29) is 69.6 Å². The summed E-state index contributed by atoms with van der Waals surface area (Å²) >= 11 is 0. The van der Waals surface area contributed by atoms with Gasteiger partial charge in [0.25, 0.3) is 11.7 Å². The Morgan fingerprint density at radius 2 is 1.62 bits per heavy atom. The lowest BCUT2D eigenvalue weighted by Crippen LogP contribution is -2.50. The number of nitrogens with zero attached hydrogens (tertiary/aromatic N) is 3. The Hall–Kier alpha value is -5.62. The van der Waals surface area contributed by atoms with Gasteiger partial charge >= 0.3 is 17.7 Å². The summed E-state index contributed by atoms with van der Waals surface area (Å²) in [5, 5.41) is 41.7. The maximum atomic E-state index is 14.9. The second-order valence-corrected chi connectivity index (χ2v) is 21.2. The van der Waals surface area contributed by atoms with Crippen LogP contribution in [0.25, 0.3) is 0 Å². The molecular weight excluding hydrogens is 911 g/mol. The summed E-state index contributed by atoms with van der Waals surface area (Å²) in [5.74, 6) is -8.38. The molecular formula is C54H73N5O12. The van der Waals surface area contributed by atoms with Crippen molar-refractivity contribution in [3.8, 4) is 11.5 Å². The van der Waals surface area contributed by atoms with Crippen LogP contribution >= 0.6 is 0 Å². The number of ether oxygens (including phenoxy) is 4. The van der Waals surface area contributed by atoms with Gasteiger partial charge in [0.1, 0.15) is 35.1 Å². The van der Waals surface area contributed by atoms with Gasteiger partial charge in [-0.2, -0.15) is 0 Å². The van der Waals surface area contributed by atoms with Crippen LogP contribution in [0.2, 0.25) is 0 Å². The number of fused-ring (bicyclic) bond motifs is 13. The average molecular weight is 984 g/mol. The minimum absolute atomic E-state index is 0.00116. The SMILES string of the molecule is C=C[C@H]1/C=C/O[C@@]2(C)Oc3c(C)c(O)c4c(c3C2=O)C2=NC3(CCN(CC(C)C)CC3)NC2=C(NC(=O)/C(C)=C\C=C\[C@H](C)[C@H](O)[C@@H](C)[C@@H](O)[C@@H](C)[C@H](OC(=O)CCC(=O)OC2CCN(C)C2)[C@@H]1C)C4=O. The van der Waals surface area contributed by atoms with Gasteiger partial charge in [0.15, 0.2) is 0 Å². The number of aliphatic imine (C=N–C) groups is 1. The van der Waals surface area contributed by atoms with Crippen LogP contribution in [0.5, 0.6) is 11.5 Å². The molecule has 0 saturated carbocycles. The first-order valence-corrected chi connectivity index (χ1v) is 25.1. The number of phenolic OH excluding ortho intramolecular Hbond substituents is 1. The number of amides is 1. The van der Waals surface area contributed by atoms with E-state index in [0.717, 1.165) is 13.1 Å². The molecule has 1 amide bonds. The van der Waals surface area contributed by atoms with Crippen LogP contribution in [0.15, 0.2) is 65.2 Å². The third-order valence-corrected chi connectivity index (χ3v) is 15.2. The topological polar surface area (TPSA) is 226 Å². The number of carbonyl (C=O) groups is 5. The summed E-state index contributed by atoms with van der Waals surface area (Å²) in [6.07, 6.45) is 7.22. The fourth-order valence-electron chi connectivity index (χ4n) is 10.8. The quantitative estimate of drug-likeness (QED) is 0.162. The Morgan fingerprint density at radius 3 is 2.25 bits per heavy atom. The molecule has 6 heterocycles. The Morgan fingerprint density at radius 1 is 0.944 bits per heavy atom. The largest absolute Gasteiger partial charge is 0.507 e. The van der Waals surface area contributed by atoms with Crippen molar-refractivity contribution < 1.29 is 58.2 Å². The van der Waals surface area contributed by atoms with E-state index < -0.39 is 94.5 Å². The van der Waals surface area contributed by atoms with Crippen molar-refractivity contribution in [3.05, 3.63) is 82.4 Å². The van der Waals surface area contributed by atoms with Crippen LogP contribution < -0.4 is 15.4 Å². The average Bonchev–Trinajstić information content (AvgIpc) is 4.00. The molecule has 7 aliphatic rings. The zero-order valence-corrected chi connectivity index (χ0v) is 42.9. The highest BCUT2D eigenvalue weighted by Gasteiger charge is 2.54. The maximum absolute atomic E-state index is 14.9. The molecule has 1 aromatic rings. The van der Waals surface area contributed by atoms with Crippen molar-refractivity contribution >= 4 is 35.1 Å². The number of Topliss-reactive ketones (excluding diaryl/α,β-unsaturated/α-hetero) is 2. The predicted octanol–water partition coefficient (Wildman–Crippen LogP) is 5.41. The van der Waals surface area contributed by atoms with Crippen molar-refractivity contribution in [1.82, 2.24) is 20.4 Å². The monoisotopic (exact) mass is 984 g/mol. The molecule has 0 radical (unpaired) electrons. The number of hydrogen-bond acceptors (Lipinski definition) is 16. The molecule has 17 heteroatoms. The van der Waals surface area contributed by atoms with Gasteiger partial charge in [-0.3, -0.25) is 29.0 Å². The van der Waals surface area contributed by atoms with Crippen molar-refractivity contribution in [1.29, 1.82) is 0 Å². The van der Waals surface area contributed by atoms with Gasteiger partial charge < -0.3 is 54.7 Å². The van der Waals surface area contributed by atoms with Crippen LogP contribution in [-0.4, -0.2) is 136 Å². The lowest BCUT2D eigenvalue weighted by atomic mass is 9.76. The summed E-state index contributed by atoms with van der Waals surface area (Å²) in [6, 6.07) is 0. The fourth-order valence-corrected chi connectivity index (χ4v) is 10.8. The van der Waals surface area contributed by atoms with Gasteiger partial charge in [0.2, 0.25) is 5.78 Å². The highest BCUT2D eigenvalue weighted by atomic mass is 16.7. The molecule has 5 bridgehead atoms. The number of hydrogen-bond donors (Lipinski definition) is 5. The van der Waals surface area contributed by atoms with Gasteiger partial charge in [-0.25, -0.2) is 0 Å². The molecule has 1 spiro atoms. The number of allylic oxidation sites excluding steroid dienone is 6. The van der Waals surface area contributed by atoms with Crippen molar-refractivity contribution in [2.24, 2.45) is 40.5 Å². The third-order valence-electron chi connectivity index (χ3n) is 15.2. The van der Waals surface area contributed by atoms with E-state index in [0.29, 0.717) is 44.8 Å². The molecule has 1 aromatic carbocycles. The minimum Gasteiger partial charge on any atom is -0.507 e. The second-order valence-electron chi connectivity index (χ2n) is 21.2. The molecule has 1 unspecified atom stereocenters. The van der Waals surface area contributed by atoms with E-state index in [4.69, 9.17) is 23.9 Å². The number of piperidine rings is 1. The first-order valence-electron chi connectivity index (χ1n) is 25.1. The van der Waals surface area contributed by atoms with Crippen LogP contribution in [0, 0.1) is 42.4 Å². The van der Waals surface area contributed by atoms with E-state index in [1.54, 1.807) is 58.1 Å². The van der Waals surface area contributed by atoms with Crippen LogP contribution in [-0.2, 0) is 28.6 Å². The Balaban J connectivity index is 1.26. The Labute approximate surface area is 417 Å². The summed E-state index contributed by atoms with van der Waals surface area (Å²) in [6.45, 7) is 23.6. The van der Waals surface area contributed by atoms with Crippen LogP contribution in [0.4, 0.5) is 0 Å². The number of esters is 2. The Kier molecular flexibility index (Phi) is 15.9. The number of likely N-dealkylation sites (N-methyl/N-ethyl adjacent to an activating group) is 1. The van der Waals surface area contributed by atoms with Gasteiger partial charge in [-0.1, -0.05) is 65.8 Å². The molecule has 0 aromatic heterocycles. The van der Waals surface area contributed by atoms with E-state index in [9.17, 15) is 39.3 Å². The Bertz CT molecular complexity index is 2470. The molecule has 71 heavy (non-hydrogen) atoms. The number of carbonyl (C=O) groups excluding carboxylic acids is 5. The maximum Gasteiger partial charge on any atom is 0.312 e. The summed E-state index contributed by atoms with van der Waals surface area (Å²) in [7, 11) is 1.94. The number of aromatic hydroxyl groups is 1. The van der Waals surface area contributed by atoms with Crippen LogP contribution in [0.1, 0.15) is 119 Å². The number of aliphatic hydroxyl groups is 2. The number of ketones is 2. The molecule has 8 rings (SSSR count). The molecule has 5 N–H and O–H groups in total. The molecule has 386 valence electrons. The molecule has 2 fully saturated rings. The predicted molar refractivity (Wildman–Crippen MR) is 265 cm³/mol. The zero-order valence-electron chi connectivity index (χ0n) is 42.9. The smallest absolute Gasteiger partial charge is 0.312 e. The van der Waals surface area contributed by atoms with Gasteiger partial charge in [-0.05, 0) is 39.3 Å². The summed E-state index contributed by atoms with van der Waals surface area (Å²) in [4.78, 5) is 79.8. The molecule has 6 aliphatic heterocycles. The fraction of sp³-hybridized carbons (Fsp3) is 0.593. The molecule has 1 aliphatic carbocycles. The van der Waals surface area contributed by atoms with Crippen LogP contribution in [0.3, 0.4) is 0 Å². The zero-order chi connectivity index (χ0) is 51.9. The van der Waals surface area contributed by atoms with E-state index in [2.05, 4.69) is 40.9 Å². The normalized spacial score (nSPS) is 33.0. The number of benzene rings is 1. The second kappa shape index (κ2) is 21.2. The van der Waals surface area contributed by atoms with Gasteiger partial charge in [-0.15, -0.1) is 6.58 Å². The highest BCUT2D eigenvalue weighted by Crippen LogP contribution is 2.50. The first kappa shape index (κ1) is 53.2. The third kappa shape index (κ3) is 10.8. The van der Waals surface area contributed by atoms with E-state index >= 15 is 0 Å². The number of nitrogens with one attached hydrogen (secondary N) is 2. The molecule has 2 saturated heterocycles. The number of likely N-dealkylation sites (tertiary alicyclic amines) is 2. The minimum atomic E-state index is -2.00. The number of phenols is 1. The highest BCUT2D eigenvalue weighted by molar-refractivity contribution is 6.34. The standard InChI is InChI=1S/C54H73N5O12/c1-12-35-19-25-68-53(10)51(66)41-39-40(47(64)34(9)50(41)71-53)48(65)44(43-42(39)56-54(57-43)20-23-59(24-21-54)26-28(2)3)55-52(67)30(5)15-13-14-29(4)45(62)32(7)46(63)33(8)49(31(35)6)70-38(61)17-16-37(60)69-36-18-22-58(11)27-36/h12-15,19,25,28-29,31-33,35-36,45-46,49,57,62-64H,1,16-18,20-24,26-27H2,2-11H3,(H,55,67)/b14-13+,25-19+,30-15-/t29-,31+,32+,33+,35-,36?,45-,46+,49+,53-/m0/s1. The lowest BCUT2D eigenvalue weighted by Gasteiger charge is -2.38. The number of aliphatic hydroxyl groups excluding tert-OH is 2. The molecule has 17 nitrogen and oxygen atoms in total. The van der Waals surface area contributed by atoms with Crippen molar-refractivity contribution in [2.75, 3.05) is 39.8 Å². The summed E-state index contributed by atoms with van der Waals surface area (Å²) < 4.78 is 24.3. The number of rotatable bonds is 8. The van der Waals surface area contributed by atoms with E-state index in [1.165, 1.54) is 20.1 Å². The molecule has 10 atom stereocenters. The van der Waals surface area contributed by atoms with Gasteiger partial charge in [0.05, 0.1) is 53.8 Å².